The summed E-state index contributed by atoms with van der Waals surface area (Å²) in [7, 11) is 0. The number of nitrogens with zero attached hydrogens (tertiary/aromatic N) is 2. The number of para-hydroxylation sites is 1. The number of carboxylic acids is 1. The number of carboxylic acid groups (broad SMARTS) is 1. The molecule has 0 atom stereocenters. The number of anilines is 1. The van der Waals surface area contributed by atoms with E-state index in [1.54, 1.807) is 35.4 Å². The zero-order chi connectivity index (χ0) is 14.8. The van der Waals surface area contributed by atoms with Gasteiger partial charge in [-0.2, -0.15) is 0 Å². The number of hydrogen-bond donors (Lipinski definition) is 1. The smallest absolute Gasteiger partial charge is 0.329 e. The Bertz CT molecular complexity index is 738. The number of aromatic nitrogens is 1. The maximum Gasteiger partial charge on any atom is 0.329 e. The Hall–Kier alpha value is -2.95. The quantitative estimate of drug-likeness (QED) is 0.874. The van der Waals surface area contributed by atoms with Crippen LogP contribution in [0.5, 0.6) is 0 Å². The van der Waals surface area contributed by atoms with Crippen LogP contribution in [-0.4, -0.2) is 22.0 Å². The molecule has 1 amide bonds. The molecule has 0 radical (unpaired) electrons. The molecule has 1 aliphatic rings. The number of aliphatic carboxylic acids is 1. The second kappa shape index (κ2) is 5.20. The molecule has 0 bridgehead atoms. The van der Waals surface area contributed by atoms with E-state index in [0.29, 0.717) is 17.8 Å². The van der Waals surface area contributed by atoms with Crippen LogP contribution in [0.2, 0.25) is 0 Å². The molecule has 1 N–H and O–H groups in total. The van der Waals surface area contributed by atoms with E-state index < -0.39 is 5.97 Å². The predicted octanol–water partition coefficient (Wildman–Crippen LogP) is 2.10. The van der Waals surface area contributed by atoms with Crippen LogP contribution in [0.1, 0.15) is 11.3 Å². The molecule has 5 nitrogen and oxygen atoms in total. The number of fused-ring (bicyclic) bond motifs is 1. The van der Waals surface area contributed by atoms with E-state index >= 15 is 0 Å². The third-order valence-corrected chi connectivity index (χ3v) is 3.27. The van der Waals surface area contributed by atoms with Gasteiger partial charge in [0.05, 0.1) is 23.5 Å². The van der Waals surface area contributed by atoms with Crippen molar-refractivity contribution in [1.82, 2.24) is 4.98 Å². The summed E-state index contributed by atoms with van der Waals surface area (Å²) in [6.07, 6.45) is 2.62. The number of hydrogen-bond acceptors (Lipinski definition) is 3. The van der Waals surface area contributed by atoms with E-state index in [1.165, 1.54) is 0 Å². The molecule has 0 spiro atoms. The third-order valence-electron chi connectivity index (χ3n) is 3.27. The molecule has 0 aliphatic carbocycles. The highest BCUT2D eigenvalue weighted by molar-refractivity contribution is 6.34. The Morgan fingerprint density at radius 3 is 2.67 bits per heavy atom. The monoisotopic (exact) mass is 280 g/mol. The van der Waals surface area contributed by atoms with Crippen LogP contribution in [0.15, 0.2) is 54.7 Å². The predicted molar refractivity (Wildman–Crippen MR) is 77.5 cm³/mol. The minimum atomic E-state index is -1.13. The van der Waals surface area contributed by atoms with E-state index in [9.17, 15) is 9.59 Å². The van der Waals surface area contributed by atoms with Crippen molar-refractivity contribution in [2.45, 2.75) is 6.54 Å². The zero-order valence-corrected chi connectivity index (χ0v) is 11.1. The lowest BCUT2D eigenvalue weighted by Gasteiger charge is -2.16. The fraction of sp³-hybridized carbons (Fsp3) is 0.0625. The summed E-state index contributed by atoms with van der Waals surface area (Å²) >= 11 is 0. The zero-order valence-electron chi connectivity index (χ0n) is 11.1. The van der Waals surface area contributed by atoms with Crippen LogP contribution in [-0.2, 0) is 16.1 Å². The van der Waals surface area contributed by atoms with Crippen molar-refractivity contribution in [3.63, 3.8) is 0 Å². The first kappa shape index (κ1) is 13.1. The molecular formula is C16H12N2O3. The summed E-state index contributed by atoms with van der Waals surface area (Å²) in [6, 6.07) is 12.6. The largest absolute Gasteiger partial charge is 0.478 e. The number of rotatable bonds is 3. The van der Waals surface area contributed by atoms with Gasteiger partial charge in [-0.25, -0.2) is 4.79 Å². The number of carbonyl (C=O) groups excluding carboxylic acids is 1. The number of amides is 1. The number of pyridine rings is 1. The van der Waals surface area contributed by atoms with Gasteiger partial charge in [0.1, 0.15) is 0 Å². The lowest BCUT2D eigenvalue weighted by Crippen LogP contribution is -2.26. The Morgan fingerprint density at radius 1 is 1.19 bits per heavy atom. The van der Waals surface area contributed by atoms with Crippen molar-refractivity contribution in [1.29, 1.82) is 0 Å². The normalized spacial score (nSPS) is 15.3. The first-order chi connectivity index (χ1) is 10.2. The lowest BCUT2D eigenvalue weighted by molar-refractivity contribution is -0.131. The SMILES string of the molecule is O=C(O)C=C1C(=O)N(Cc2ccccn2)c2ccccc21. The molecule has 0 saturated heterocycles. The first-order valence-electron chi connectivity index (χ1n) is 6.42. The lowest BCUT2D eigenvalue weighted by atomic mass is 10.1. The van der Waals surface area contributed by atoms with Gasteiger partial charge in [0.25, 0.3) is 5.91 Å². The summed E-state index contributed by atoms with van der Waals surface area (Å²) in [6.45, 7) is 0.313. The molecule has 0 fully saturated rings. The number of carbonyl (C=O) groups is 2. The van der Waals surface area contributed by atoms with Crippen molar-refractivity contribution in [3.8, 4) is 0 Å². The van der Waals surface area contributed by atoms with Crippen LogP contribution in [0.3, 0.4) is 0 Å². The van der Waals surface area contributed by atoms with Crippen molar-refractivity contribution in [2.24, 2.45) is 0 Å². The molecule has 1 aromatic carbocycles. The minimum Gasteiger partial charge on any atom is -0.478 e. The third kappa shape index (κ3) is 2.41. The molecule has 3 rings (SSSR count). The van der Waals surface area contributed by atoms with Crippen LogP contribution in [0.4, 0.5) is 5.69 Å². The fourth-order valence-corrected chi connectivity index (χ4v) is 2.38. The van der Waals surface area contributed by atoms with E-state index in [4.69, 9.17) is 5.11 Å². The second-order valence-corrected chi connectivity index (χ2v) is 4.63. The van der Waals surface area contributed by atoms with Gasteiger partial charge in [0, 0.05) is 17.8 Å². The van der Waals surface area contributed by atoms with Crippen LogP contribution < -0.4 is 4.90 Å². The van der Waals surface area contributed by atoms with Gasteiger partial charge in [0.15, 0.2) is 0 Å². The minimum absolute atomic E-state index is 0.203. The Kier molecular flexibility index (Phi) is 3.23. The highest BCUT2D eigenvalue weighted by Gasteiger charge is 2.32. The van der Waals surface area contributed by atoms with E-state index in [2.05, 4.69) is 4.98 Å². The van der Waals surface area contributed by atoms with Crippen molar-refractivity contribution in [3.05, 3.63) is 66.0 Å². The van der Waals surface area contributed by atoms with Gasteiger partial charge in [-0.15, -0.1) is 0 Å². The Morgan fingerprint density at radius 2 is 1.95 bits per heavy atom. The standard InChI is InChI=1S/C16H12N2O3/c19-15(20)9-13-12-6-1-2-7-14(12)18(16(13)21)10-11-5-3-4-8-17-11/h1-9H,10H2,(H,19,20). The van der Waals surface area contributed by atoms with Crippen molar-refractivity contribution in [2.75, 3.05) is 4.90 Å². The molecular weight excluding hydrogens is 268 g/mol. The molecule has 2 aromatic rings. The highest BCUT2D eigenvalue weighted by atomic mass is 16.4. The first-order valence-corrected chi connectivity index (χ1v) is 6.42. The van der Waals surface area contributed by atoms with Crippen LogP contribution in [0.25, 0.3) is 5.57 Å². The molecule has 1 aromatic heterocycles. The molecule has 1 aliphatic heterocycles. The van der Waals surface area contributed by atoms with E-state index in [1.807, 2.05) is 18.2 Å². The summed E-state index contributed by atoms with van der Waals surface area (Å²) in [4.78, 5) is 29.1. The average Bonchev–Trinajstić information content (AvgIpc) is 2.74. The summed E-state index contributed by atoms with van der Waals surface area (Å²) < 4.78 is 0. The molecule has 0 saturated carbocycles. The van der Waals surface area contributed by atoms with Gasteiger partial charge in [-0.3, -0.25) is 9.78 Å². The second-order valence-electron chi connectivity index (χ2n) is 4.63. The highest BCUT2D eigenvalue weighted by Crippen LogP contribution is 2.37. The van der Waals surface area contributed by atoms with Gasteiger partial charge >= 0.3 is 5.97 Å². The van der Waals surface area contributed by atoms with Crippen molar-refractivity contribution >= 4 is 23.1 Å². The van der Waals surface area contributed by atoms with Crippen molar-refractivity contribution < 1.29 is 14.7 Å². The van der Waals surface area contributed by atoms with Crippen LogP contribution in [0, 0.1) is 0 Å². The van der Waals surface area contributed by atoms with Gasteiger partial charge in [-0.1, -0.05) is 24.3 Å². The molecule has 0 unspecified atom stereocenters. The van der Waals surface area contributed by atoms with E-state index in [-0.39, 0.29) is 11.5 Å². The topological polar surface area (TPSA) is 70.5 Å². The molecule has 2 heterocycles. The van der Waals surface area contributed by atoms with Gasteiger partial charge in [0.2, 0.25) is 0 Å². The molecule has 104 valence electrons. The van der Waals surface area contributed by atoms with Gasteiger partial charge in [-0.05, 0) is 18.2 Å². The van der Waals surface area contributed by atoms with Crippen LogP contribution >= 0.6 is 0 Å². The number of benzene rings is 1. The molecule has 5 heteroatoms. The maximum atomic E-state index is 12.5. The van der Waals surface area contributed by atoms with Gasteiger partial charge < -0.3 is 10.0 Å². The maximum absolute atomic E-state index is 12.5. The van der Waals surface area contributed by atoms with E-state index in [0.717, 1.165) is 11.8 Å². The molecule has 21 heavy (non-hydrogen) atoms. The Balaban J connectivity index is 2.03. The summed E-state index contributed by atoms with van der Waals surface area (Å²) in [5, 5.41) is 8.93. The summed E-state index contributed by atoms with van der Waals surface area (Å²) in [5.74, 6) is -1.45. The summed E-state index contributed by atoms with van der Waals surface area (Å²) in [5.41, 5.74) is 2.30. The average molecular weight is 280 g/mol. The fourth-order valence-electron chi connectivity index (χ4n) is 2.38. The Labute approximate surface area is 121 Å².